The standard InChI is InChI=1S/C14H11NO2/c1-16-13-10-5-3-2-4-9(10)6-7-11(13)14-12(8-15)17-14/h2-7,12,14H,1H3. The molecular formula is C14H11NO2. The molecule has 0 amide bonds. The molecule has 1 aliphatic rings. The molecule has 84 valence electrons. The molecule has 0 aliphatic carbocycles. The van der Waals surface area contributed by atoms with Crippen molar-refractivity contribution in [2.24, 2.45) is 0 Å². The Hall–Kier alpha value is -2.05. The van der Waals surface area contributed by atoms with Crippen molar-refractivity contribution in [2.75, 3.05) is 7.11 Å². The highest BCUT2D eigenvalue weighted by molar-refractivity contribution is 5.89. The van der Waals surface area contributed by atoms with E-state index in [-0.39, 0.29) is 12.2 Å². The third-order valence-corrected chi connectivity index (χ3v) is 3.04. The van der Waals surface area contributed by atoms with Gasteiger partial charge in [0.1, 0.15) is 11.9 Å². The summed E-state index contributed by atoms with van der Waals surface area (Å²) in [5.74, 6) is 0.811. The Bertz CT molecular complexity index is 615. The van der Waals surface area contributed by atoms with Crippen molar-refractivity contribution in [3.05, 3.63) is 42.0 Å². The molecule has 3 nitrogen and oxygen atoms in total. The average Bonchev–Trinajstić information content (AvgIpc) is 3.16. The van der Waals surface area contributed by atoms with Gasteiger partial charge in [-0.1, -0.05) is 36.4 Å². The minimum absolute atomic E-state index is 0.139. The Labute approximate surface area is 99.2 Å². The molecule has 0 radical (unpaired) electrons. The quantitative estimate of drug-likeness (QED) is 0.738. The molecule has 0 N–H and O–H groups in total. The van der Waals surface area contributed by atoms with E-state index in [1.54, 1.807) is 7.11 Å². The molecule has 1 saturated heterocycles. The highest BCUT2D eigenvalue weighted by Crippen LogP contribution is 2.44. The Morgan fingerprint density at radius 2 is 2.06 bits per heavy atom. The first-order valence-corrected chi connectivity index (χ1v) is 5.46. The summed E-state index contributed by atoms with van der Waals surface area (Å²) in [5.41, 5.74) is 0.956. The molecule has 3 rings (SSSR count). The number of ether oxygens (including phenoxy) is 2. The maximum absolute atomic E-state index is 8.80. The summed E-state index contributed by atoms with van der Waals surface area (Å²) in [6.07, 6.45) is -0.468. The lowest BCUT2D eigenvalue weighted by atomic mass is 10.0. The van der Waals surface area contributed by atoms with Crippen molar-refractivity contribution in [1.29, 1.82) is 5.26 Å². The fourth-order valence-electron chi connectivity index (χ4n) is 2.16. The van der Waals surface area contributed by atoms with Gasteiger partial charge in [0.2, 0.25) is 0 Å². The zero-order valence-corrected chi connectivity index (χ0v) is 9.38. The number of hydrogen-bond acceptors (Lipinski definition) is 3. The number of epoxide rings is 1. The zero-order chi connectivity index (χ0) is 11.8. The molecule has 2 aromatic rings. The summed E-state index contributed by atoms with van der Waals surface area (Å²) < 4.78 is 10.8. The minimum Gasteiger partial charge on any atom is -0.496 e. The predicted molar refractivity (Wildman–Crippen MR) is 63.7 cm³/mol. The van der Waals surface area contributed by atoms with Crippen LogP contribution in [0.2, 0.25) is 0 Å². The number of nitrogens with zero attached hydrogens (tertiary/aromatic N) is 1. The van der Waals surface area contributed by atoms with Crippen LogP contribution in [-0.4, -0.2) is 13.2 Å². The molecule has 2 unspecified atom stereocenters. The first kappa shape index (κ1) is 10.1. The lowest BCUT2D eigenvalue weighted by Crippen LogP contribution is -1.93. The monoisotopic (exact) mass is 225 g/mol. The van der Waals surface area contributed by atoms with Crippen LogP contribution < -0.4 is 4.74 Å². The molecule has 0 aromatic heterocycles. The van der Waals surface area contributed by atoms with E-state index in [0.29, 0.717) is 0 Å². The van der Waals surface area contributed by atoms with E-state index in [4.69, 9.17) is 14.7 Å². The topological polar surface area (TPSA) is 45.5 Å². The van der Waals surface area contributed by atoms with Crippen LogP contribution in [0.3, 0.4) is 0 Å². The zero-order valence-electron chi connectivity index (χ0n) is 9.38. The van der Waals surface area contributed by atoms with Gasteiger partial charge in [-0.2, -0.15) is 5.26 Å². The van der Waals surface area contributed by atoms with Crippen LogP contribution in [-0.2, 0) is 4.74 Å². The number of methoxy groups -OCH3 is 1. The largest absolute Gasteiger partial charge is 0.496 e. The number of fused-ring (bicyclic) bond motifs is 1. The Morgan fingerprint density at radius 1 is 1.24 bits per heavy atom. The number of rotatable bonds is 2. The molecule has 1 heterocycles. The van der Waals surface area contributed by atoms with Gasteiger partial charge in [-0.15, -0.1) is 0 Å². The third-order valence-electron chi connectivity index (χ3n) is 3.04. The van der Waals surface area contributed by atoms with Gasteiger partial charge in [0, 0.05) is 10.9 Å². The molecule has 0 bridgehead atoms. The molecular weight excluding hydrogens is 214 g/mol. The van der Waals surface area contributed by atoms with Gasteiger partial charge in [-0.3, -0.25) is 0 Å². The van der Waals surface area contributed by atoms with Gasteiger partial charge in [0.15, 0.2) is 6.10 Å². The van der Waals surface area contributed by atoms with Crippen molar-refractivity contribution in [1.82, 2.24) is 0 Å². The van der Waals surface area contributed by atoms with E-state index in [1.165, 1.54) is 0 Å². The smallest absolute Gasteiger partial charge is 0.175 e. The van der Waals surface area contributed by atoms with Gasteiger partial charge < -0.3 is 9.47 Å². The second kappa shape index (κ2) is 3.76. The van der Waals surface area contributed by atoms with Crippen molar-refractivity contribution in [3.63, 3.8) is 0 Å². The first-order valence-electron chi connectivity index (χ1n) is 5.46. The Kier molecular flexibility index (Phi) is 2.24. The molecule has 2 aromatic carbocycles. The van der Waals surface area contributed by atoms with E-state index in [1.807, 2.05) is 36.4 Å². The number of hydrogen-bond donors (Lipinski definition) is 0. The highest BCUT2D eigenvalue weighted by atomic mass is 16.6. The molecule has 1 fully saturated rings. The normalized spacial score (nSPS) is 22.1. The molecule has 17 heavy (non-hydrogen) atoms. The number of benzene rings is 2. The fourth-order valence-corrected chi connectivity index (χ4v) is 2.16. The van der Waals surface area contributed by atoms with Crippen LogP contribution in [0.4, 0.5) is 0 Å². The van der Waals surface area contributed by atoms with Crippen molar-refractivity contribution >= 4 is 10.8 Å². The SMILES string of the molecule is COc1c(C2OC2C#N)ccc2ccccc12. The van der Waals surface area contributed by atoms with Crippen LogP contribution in [0, 0.1) is 11.3 Å². The van der Waals surface area contributed by atoms with E-state index in [9.17, 15) is 0 Å². The van der Waals surface area contributed by atoms with E-state index < -0.39 is 0 Å². The number of nitriles is 1. The maximum atomic E-state index is 8.80. The van der Waals surface area contributed by atoms with Crippen LogP contribution in [0.5, 0.6) is 5.75 Å². The fraction of sp³-hybridized carbons (Fsp3) is 0.214. The summed E-state index contributed by atoms with van der Waals surface area (Å²) in [7, 11) is 1.65. The summed E-state index contributed by atoms with van der Waals surface area (Å²) in [4.78, 5) is 0. The van der Waals surface area contributed by atoms with Gasteiger partial charge in [0.05, 0.1) is 13.2 Å². The minimum atomic E-state index is -0.329. The van der Waals surface area contributed by atoms with Crippen molar-refractivity contribution in [3.8, 4) is 11.8 Å². The third kappa shape index (κ3) is 1.54. The first-order chi connectivity index (χ1) is 8.35. The maximum Gasteiger partial charge on any atom is 0.175 e. The van der Waals surface area contributed by atoms with Crippen molar-refractivity contribution in [2.45, 2.75) is 12.2 Å². The average molecular weight is 225 g/mol. The second-order valence-electron chi connectivity index (χ2n) is 4.02. The summed E-state index contributed by atoms with van der Waals surface area (Å²) in [6.45, 7) is 0. The van der Waals surface area contributed by atoms with Crippen LogP contribution >= 0.6 is 0 Å². The Morgan fingerprint density at radius 3 is 2.76 bits per heavy atom. The van der Waals surface area contributed by atoms with E-state index in [2.05, 4.69) is 6.07 Å². The highest BCUT2D eigenvalue weighted by Gasteiger charge is 2.42. The predicted octanol–water partition coefficient (Wildman–Crippen LogP) is 2.81. The van der Waals surface area contributed by atoms with E-state index >= 15 is 0 Å². The van der Waals surface area contributed by atoms with Crippen molar-refractivity contribution < 1.29 is 9.47 Å². The lowest BCUT2D eigenvalue weighted by molar-refractivity contribution is 0.377. The van der Waals surface area contributed by atoms with Crippen LogP contribution in [0.25, 0.3) is 10.8 Å². The van der Waals surface area contributed by atoms with Crippen LogP contribution in [0.15, 0.2) is 36.4 Å². The molecule has 2 atom stereocenters. The molecule has 0 saturated carbocycles. The molecule has 0 spiro atoms. The van der Waals surface area contributed by atoms with Gasteiger partial charge in [-0.05, 0) is 5.39 Å². The molecule has 1 aliphatic heterocycles. The van der Waals surface area contributed by atoms with Crippen LogP contribution in [0.1, 0.15) is 11.7 Å². The van der Waals surface area contributed by atoms with E-state index in [0.717, 1.165) is 22.1 Å². The summed E-state index contributed by atoms with van der Waals surface area (Å²) in [6, 6.07) is 14.1. The Balaban J connectivity index is 2.17. The summed E-state index contributed by atoms with van der Waals surface area (Å²) in [5, 5.41) is 11.0. The van der Waals surface area contributed by atoms with Gasteiger partial charge in [0.25, 0.3) is 0 Å². The summed E-state index contributed by atoms with van der Waals surface area (Å²) >= 11 is 0. The second-order valence-corrected chi connectivity index (χ2v) is 4.02. The van der Waals surface area contributed by atoms with Gasteiger partial charge >= 0.3 is 0 Å². The lowest BCUT2D eigenvalue weighted by Gasteiger charge is -2.09. The molecule has 3 heteroatoms. The van der Waals surface area contributed by atoms with Gasteiger partial charge in [-0.25, -0.2) is 0 Å².